The van der Waals surface area contributed by atoms with Crippen LogP contribution in [0.1, 0.15) is 18.9 Å². The number of rotatable bonds is 2. The molecule has 2 nitrogen and oxygen atoms in total. The van der Waals surface area contributed by atoms with Crippen molar-refractivity contribution in [2.75, 3.05) is 0 Å². The van der Waals surface area contributed by atoms with Crippen molar-refractivity contribution in [1.82, 2.24) is 0 Å². The highest BCUT2D eigenvalue weighted by molar-refractivity contribution is 7.96. The summed E-state index contributed by atoms with van der Waals surface area (Å²) in [5, 5.41) is 6.00. The molecule has 0 amide bonds. The molecule has 1 aromatic rings. The van der Waals surface area contributed by atoms with E-state index in [0.29, 0.717) is 0 Å². The summed E-state index contributed by atoms with van der Waals surface area (Å²) in [7, 11) is 0. The molecule has 3 heteroatoms. The zero-order valence-electron chi connectivity index (χ0n) is 7.83. The maximum atomic E-state index is 6.14. The van der Waals surface area contributed by atoms with E-state index in [9.17, 15) is 0 Å². The minimum Gasteiger partial charge on any atom is -0.379 e. The Morgan fingerprint density at radius 2 is 1.85 bits per heavy atom. The Bertz CT molecular complexity index is 230. The van der Waals surface area contributed by atoms with Gasteiger partial charge in [-0.1, -0.05) is 43.7 Å². The van der Waals surface area contributed by atoms with E-state index in [2.05, 4.69) is 55.6 Å². The second-order valence-electron chi connectivity index (χ2n) is 2.62. The molecule has 72 valence electrons. The third-order valence-electron chi connectivity index (χ3n) is 1.38. The standard InChI is InChI=1S/C9H12.CH4N2S/c1-2-6-9-7-4-3-5-8-9;2-1(3)4/h3-5,7-8H,2,6H2,1H3;(H4,2,3,4). The average molecular weight is 196 g/mol. The molecule has 0 bridgehead atoms. The average Bonchev–Trinajstić information content (AvgIpc) is 2.06. The summed E-state index contributed by atoms with van der Waals surface area (Å²) < 4.78 is 0. The third kappa shape index (κ3) is 8.95. The molecule has 1 rings (SSSR count). The van der Waals surface area contributed by atoms with E-state index in [1.807, 2.05) is 0 Å². The molecule has 13 heavy (non-hydrogen) atoms. The fourth-order valence-corrected chi connectivity index (χ4v) is 0.933. The summed E-state index contributed by atoms with van der Waals surface area (Å²) in [6, 6.07) is 10.6. The Balaban J connectivity index is 0.000000310. The third-order valence-corrected chi connectivity index (χ3v) is 1.38. The molecular weight excluding hydrogens is 180 g/mol. The van der Waals surface area contributed by atoms with Crippen LogP contribution in [0, 0.1) is 5.41 Å². The predicted molar refractivity (Wildman–Crippen MR) is 61.3 cm³/mol. The summed E-state index contributed by atoms with van der Waals surface area (Å²) in [5.74, 6) is 0. The molecule has 0 radical (unpaired) electrons. The Kier molecular flexibility index (Phi) is 7.11. The number of hydrogen-bond acceptors (Lipinski definition) is 1. The quantitative estimate of drug-likeness (QED) is 0.380. The fourth-order valence-electron chi connectivity index (χ4n) is 0.933. The lowest BCUT2D eigenvalue weighted by molar-refractivity contribution is 0.922. The van der Waals surface area contributed by atoms with Gasteiger partial charge in [0.15, 0.2) is 0 Å². The van der Waals surface area contributed by atoms with Crippen molar-refractivity contribution in [3.8, 4) is 0 Å². The SMILES string of the molecule is CCCc1ccccc1.N=C(N)S. The van der Waals surface area contributed by atoms with Gasteiger partial charge in [0.2, 0.25) is 0 Å². The van der Waals surface area contributed by atoms with Gasteiger partial charge in [-0.3, -0.25) is 5.41 Å². The van der Waals surface area contributed by atoms with Crippen LogP contribution in [0.4, 0.5) is 0 Å². The first-order chi connectivity index (χ1) is 6.16. The summed E-state index contributed by atoms with van der Waals surface area (Å²) in [6.07, 6.45) is 2.45. The second-order valence-corrected chi connectivity index (χ2v) is 3.10. The van der Waals surface area contributed by atoms with Gasteiger partial charge in [-0.05, 0) is 12.0 Å². The van der Waals surface area contributed by atoms with E-state index in [-0.39, 0.29) is 5.17 Å². The molecule has 0 aliphatic carbocycles. The van der Waals surface area contributed by atoms with E-state index in [1.165, 1.54) is 18.4 Å². The van der Waals surface area contributed by atoms with Crippen molar-refractivity contribution in [2.24, 2.45) is 5.73 Å². The van der Waals surface area contributed by atoms with Gasteiger partial charge in [0, 0.05) is 0 Å². The topological polar surface area (TPSA) is 49.9 Å². The van der Waals surface area contributed by atoms with Gasteiger partial charge in [0.1, 0.15) is 5.17 Å². The summed E-state index contributed by atoms with van der Waals surface area (Å²) in [5.41, 5.74) is 6.00. The van der Waals surface area contributed by atoms with Crippen LogP contribution in [-0.2, 0) is 6.42 Å². The molecule has 0 heterocycles. The van der Waals surface area contributed by atoms with Crippen LogP contribution in [-0.4, -0.2) is 5.17 Å². The minimum absolute atomic E-state index is 0.139. The van der Waals surface area contributed by atoms with E-state index in [4.69, 9.17) is 5.41 Å². The lowest BCUT2D eigenvalue weighted by atomic mass is 10.1. The van der Waals surface area contributed by atoms with Gasteiger partial charge < -0.3 is 5.73 Å². The molecule has 0 saturated heterocycles. The molecule has 1 aromatic carbocycles. The first-order valence-electron chi connectivity index (χ1n) is 4.23. The van der Waals surface area contributed by atoms with Crippen LogP contribution in [0.15, 0.2) is 30.3 Å². The number of thiol groups is 1. The zero-order valence-corrected chi connectivity index (χ0v) is 8.72. The van der Waals surface area contributed by atoms with Gasteiger partial charge in [-0.2, -0.15) is 0 Å². The fraction of sp³-hybridized carbons (Fsp3) is 0.300. The summed E-state index contributed by atoms with van der Waals surface area (Å²) in [6.45, 7) is 2.20. The van der Waals surface area contributed by atoms with Crippen LogP contribution < -0.4 is 5.73 Å². The van der Waals surface area contributed by atoms with Gasteiger partial charge in [0.25, 0.3) is 0 Å². The zero-order chi connectivity index (χ0) is 10.1. The maximum absolute atomic E-state index is 6.14. The predicted octanol–water partition coefficient (Wildman–Crippen LogP) is 2.45. The van der Waals surface area contributed by atoms with Gasteiger partial charge in [0.05, 0.1) is 0 Å². The highest BCUT2D eigenvalue weighted by Gasteiger charge is 1.84. The van der Waals surface area contributed by atoms with Crippen LogP contribution in [0.3, 0.4) is 0 Å². The largest absolute Gasteiger partial charge is 0.379 e. The Morgan fingerprint density at radius 3 is 2.23 bits per heavy atom. The van der Waals surface area contributed by atoms with Crippen molar-refractivity contribution >= 4 is 17.8 Å². The number of nitrogens with two attached hydrogens (primary N) is 1. The molecule has 0 aromatic heterocycles. The van der Waals surface area contributed by atoms with Crippen molar-refractivity contribution in [3.63, 3.8) is 0 Å². The van der Waals surface area contributed by atoms with Crippen LogP contribution in [0.5, 0.6) is 0 Å². The number of hydrogen-bond donors (Lipinski definition) is 3. The molecular formula is C10H16N2S. The molecule has 0 unspecified atom stereocenters. The van der Waals surface area contributed by atoms with E-state index >= 15 is 0 Å². The highest BCUT2D eigenvalue weighted by Crippen LogP contribution is 2.00. The minimum atomic E-state index is -0.139. The molecule has 0 atom stereocenters. The van der Waals surface area contributed by atoms with Gasteiger partial charge in [-0.25, -0.2) is 0 Å². The normalized spacial score (nSPS) is 8.46. The number of nitrogens with one attached hydrogen (secondary N) is 1. The maximum Gasteiger partial charge on any atom is 0.147 e. The lowest BCUT2D eigenvalue weighted by Gasteiger charge is -1.93. The van der Waals surface area contributed by atoms with Crippen LogP contribution >= 0.6 is 12.6 Å². The first-order valence-corrected chi connectivity index (χ1v) is 4.68. The molecule has 0 fully saturated rings. The monoisotopic (exact) mass is 196 g/mol. The van der Waals surface area contributed by atoms with Crippen LogP contribution in [0.25, 0.3) is 0 Å². The summed E-state index contributed by atoms with van der Waals surface area (Å²) in [4.78, 5) is 0. The molecule has 0 spiro atoms. The molecule has 3 N–H and O–H groups in total. The first kappa shape index (κ1) is 12.0. The number of benzene rings is 1. The van der Waals surface area contributed by atoms with E-state index in [1.54, 1.807) is 0 Å². The van der Waals surface area contributed by atoms with E-state index < -0.39 is 0 Å². The summed E-state index contributed by atoms with van der Waals surface area (Å²) >= 11 is 3.33. The second kappa shape index (κ2) is 7.68. The highest BCUT2D eigenvalue weighted by atomic mass is 32.1. The Labute approximate surface area is 85.1 Å². The van der Waals surface area contributed by atoms with Crippen molar-refractivity contribution < 1.29 is 0 Å². The van der Waals surface area contributed by atoms with E-state index in [0.717, 1.165) is 0 Å². The Morgan fingerprint density at radius 1 is 1.38 bits per heavy atom. The van der Waals surface area contributed by atoms with Crippen molar-refractivity contribution in [2.45, 2.75) is 19.8 Å². The molecule has 0 aliphatic heterocycles. The lowest BCUT2D eigenvalue weighted by Crippen LogP contribution is -1.96. The smallest absolute Gasteiger partial charge is 0.147 e. The van der Waals surface area contributed by atoms with Gasteiger partial charge >= 0.3 is 0 Å². The van der Waals surface area contributed by atoms with Crippen molar-refractivity contribution in [3.05, 3.63) is 35.9 Å². The number of aryl methyl sites for hydroxylation is 1. The van der Waals surface area contributed by atoms with Crippen LogP contribution in [0.2, 0.25) is 0 Å². The molecule has 0 saturated carbocycles. The van der Waals surface area contributed by atoms with Gasteiger partial charge in [-0.15, -0.1) is 12.6 Å². The Hall–Kier alpha value is -0.960. The molecule has 0 aliphatic rings. The number of amidine groups is 1. The van der Waals surface area contributed by atoms with Crippen molar-refractivity contribution in [1.29, 1.82) is 5.41 Å².